The van der Waals surface area contributed by atoms with Crippen molar-refractivity contribution in [3.63, 3.8) is 0 Å². The van der Waals surface area contributed by atoms with Gasteiger partial charge in [0.2, 0.25) is 5.91 Å². The zero-order chi connectivity index (χ0) is 13.0. The van der Waals surface area contributed by atoms with E-state index < -0.39 is 0 Å². The van der Waals surface area contributed by atoms with Crippen LogP contribution >= 0.6 is 11.3 Å². The summed E-state index contributed by atoms with van der Waals surface area (Å²) in [6, 6.07) is 4.38. The van der Waals surface area contributed by atoms with Crippen LogP contribution in [0.5, 0.6) is 0 Å². The summed E-state index contributed by atoms with van der Waals surface area (Å²) < 4.78 is 5.38. The third-order valence-electron chi connectivity index (χ3n) is 3.19. The van der Waals surface area contributed by atoms with E-state index in [1.807, 2.05) is 20.2 Å². The van der Waals surface area contributed by atoms with Gasteiger partial charge in [-0.15, -0.1) is 11.3 Å². The fraction of sp³-hybridized carbons (Fsp3) is 0.615. The van der Waals surface area contributed by atoms with Gasteiger partial charge in [0.15, 0.2) is 0 Å². The van der Waals surface area contributed by atoms with E-state index in [0.29, 0.717) is 13.2 Å². The van der Waals surface area contributed by atoms with Gasteiger partial charge in [-0.2, -0.15) is 0 Å². The molecule has 1 aromatic rings. The van der Waals surface area contributed by atoms with Crippen LogP contribution in [0.25, 0.3) is 0 Å². The van der Waals surface area contributed by atoms with Gasteiger partial charge >= 0.3 is 0 Å². The molecule has 1 saturated heterocycles. The number of rotatable bonds is 5. The highest BCUT2D eigenvalue weighted by Crippen LogP contribution is 2.22. The van der Waals surface area contributed by atoms with Gasteiger partial charge < -0.3 is 15.0 Å². The normalized spacial score (nSPS) is 21.2. The van der Waals surface area contributed by atoms with Crippen molar-refractivity contribution in [3.05, 3.63) is 22.4 Å². The van der Waals surface area contributed by atoms with E-state index in [2.05, 4.69) is 21.7 Å². The lowest BCUT2D eigenvalue weighted by Crippen LogP contribution is -2.39. The first-order valence-electron chi connectivity index (χ1n) is 6.27. The number of ether oxygens (including phenoxy) is 1. The average molecular weight is 268 g/mol. The molecule has 1 aromatic heterocycles. The quantitative estimate of drug-likeness (QED) is 0.883. The minimum atomic E-state index is -0.240. The number of thiophene rings is 1. The van der Waals surface area contributed by atoms with Gasteiger partial charge in [-0.25, -0.2) is 0 Å². The molecule has 0 saturated carbocycles. The van der Waals surface area contributed by atoms with E-state index >= 15 is 0 Å². The highest BCUT2D eigenvalue weighted by Gasteiger charge is 2.24. The Labute approximate surface area is 112 Å². The predicted molar refractivity (Wildman–Crippen MR) is 72.7 cm³/mol. The van der Waals surface area contributed by atoms with Gasteiger partial charge in [-0.05, 0) is 38.4 Å². The summed E-state index contributed by atoms with van der Waals surface area (Å²) in [5.41, 5.74) is 0. The number of hydrogen-bond acceptors (Lipinski definition) is 4. The predicted octanol–water partition coefficient (Wildman–Crippen LogP) is 1.65. The van der Waals surface area contributed by atoms with E-state index in [9.17, 15) is 4.79 Å². The Balaban J connectivity index is 1.88. The fourth-order valence-electron chi connectivity index (χ4n) is 2.11. The van der Waals surface area contributed by atoms with Crippen LogP contribution in [0.15, 0.2) is 17.5 Å². The topological polar surface area (TPSA) is 41.6 Å². The molecule has 0 spiro atoms. The van der Waals surface area contributed by atoms with Crippen LogP contribution in [0.1, 0.15) is 23.8 Å². The second kappa shape index (κ2) is 6.31. The fourth-order valence-corrected chi connectivity index (χ4v) is 3.04. The second-order valence-corrected chi connectivity index (χ2v) is 5.72. The lowest BCUT2D eigenvalue weighted by Gasteiger charge is -2.24. The van der Waals surface area contributed by atoms with Gasteiger partial charge in [0.1, 0.15) is 6.10 Å². The first kappa shape index (κ1) is 13.5. The first-order chi connectivity index (χ1) is 8.68. The van der Waals surface area contributed by atoms with Crippen molar-refractivity contribution >= 4 is 17.2 Å². The van der Waals surface area contributed by atoms with Gasteiger partial charge in [-0.1, -0.05) is 6.07 Å². The Morgan fingerprint density at radius 1 is 1.67 bits per heavy atom. The SMILES string of the molecule is CN(C)[C@H](CNC(=O)[C@@H]1CCCO1)c1cccs1. The number of nitrogens with one attached hydrogen (secondary N) is 1. The number of carbonyl (C=O) groups is 1. The molecular formula is C13H20N2O2S. The van der Waals surface area contributed by atoms with E-state index in [0.717, 1.165) is 12.8 Å². The third kappa shape index (κ3) is 3.31. The molecule has 0 unspecified atom stereocenters. The van der Waals surface area contributed by atoms with Crippen LogP contribution in [0.4, 0.5) is 0 Å². The molecule has 0 aromatic carbocycles. The monoisotopic (exact) mass is 268 g/mol. The van der Waals surface area contributed by atoms with Crippen molar-refractivity contribution in [2.45, 2.75) is 25.0 Å². The summed E-state index contributed by atoms with van der Waals surface area (Å²) in [7, 11) is 4.06. The highest BCUT2D eigenvalue weighted by molar-refractivity contribution is 7.10. The molecule has 1 aliphatic rings. The minimum Gasteiger partial charge on any atom is -0.368 e. The maximum Gasteiger partial charge on any atom is 0.249 e. The summed E-state index contributed by atoms with van der Waals surface area (Å²) in [4.78, 5) is 15.3. The molecule has 1 aliphatic heterocycles. The molecule has 1 amide bonds. The molecule has 2 rings (SSSR count). The number of hydrogen-bond donors (Lipinski definition) is 1. The molecule has 0 aliphatic carbocycles. The number of amides is 1. The summed E-state index contributed by atoms with van der Waals surface area (Å²) in [6.45, 7) is 1.34. The summed E-state index contributed by atoms with van der Waals surface area (Å²) in [5, 5.41) is 5.06. The number of likely N-dealkylation sites (N-methyl/N-ethyl adjacent to an activating group) is 1. The van der Waals surface area contributed by atoms with Crippen LogP contribution in [0, 0.1) is 0 Å². The van der Waals surface area contributed by atoms with E-state index in [4.69, 9.17) is 4.74 Å². The number of carbonyl (C=O) groups excluding carboxylic acids is 1. The molecule has 4 nitrogen and oxygen atoms in total. The molecule has 1 fully saturated rings. The Hall–Kier alpha value is -0.910. The van der Waals surface area contributed by atoms with Gasteiger partial charge in [-0.3, -0.25) is 4.79 Å². The Morgan fingerprint density at radius 3 is 3.06 bits per heavy atom. The van der Waals surface area contributed by atoms with Crippen molar-refractivity contribution in [1.82, 2.24) is 10.2 Å². The van der Waals surface area contributed by atoms with Crippen molar-refractivity contribution in [2.75, 3.05) is 27.2 Å². The van der Waals surface area contributed by atoms with Crippen LogP contribution in [-0.4, -0.2) is 44.2 Å². The minimum absolute atomic E-state index is 0.0240. The van der Waals surface area contributed by atoms with Crippen LogP contribution in [0.3, 0.4) is 0 Å². The molecule has 18 heavy (non-hydrogen) atoms. The lowest BCUT2D eigenvalue weighted by atomic mass is 10.2. The van der Waals surface area contributed by atoms with Crippen molar-refractivity contribution in [2.24, 2.45) is 0 Å². The van der Waals surface area contributed by atoms with Crippen LogP contribution in [-0.2, 0) is 9.53 Å². The zero-order valence-corrected chi connectivity index (χ0v) is 11.7. The van der Waals surface area contributed by atoms with E-state index in [-0.39, 0.29) is 18.1 Å². The molecule has 0 bridgehead atoms. The molecule has 1 N–H and O–H groups in total. The van der Waals surface area contributed by atoms with E-state index in [1.165, 1.54) is 4.88 Å². The zero-order valence-electron chi connectivity index (χ0n) is 10.9. The largest absolute Gasteiger partial charge is 0.368 e. The van der Waals surface area contributed by atoms with Crippen molar-refractivity contribution in [3.8, 4) is 0 Å². The summed E-state index contributed by atoms with van der Waals surface area (Å²) in [6.07, 6.45) is 1.59. The van der Waals surface area contributed by atoms with Crippen LogP contribution < -0.4 is 5.32 Å². The second-order valence-electron chi connectivity index (χ2n) is 4.74. The molecule has 5 heteroatoms. The lowest BCUT2D eigenvalue weighted by molar-refractivity contribution is -0.130. The Bertz CT molecular complexity index is 372. The molecule has 2 atom stereocenters. The van der Waals surface area contributed by atoms with Gasteiger partial charge in [0.05, 0.1) is 6.04 Å². The first-order valence-corrected chi connectivity index (χ1v) is 7.15. The highest BCUT2D eigenvalue weighted by atomic mass is 32.1. The maximum atomic E-state index is 11.9. The smallest absolute Gasteiger partial charge is 0.249 e. The average Bonchev–Trinajstić information content (AvgIpc) is 3.01. The van der Waals surface area contributed by atoms with Crippen molar-refractivity contribution < 1.29 is 9.53 Å². The molecule has 0 radical (unpaired) electrons. The third-order valence-corrected chi connectivity index (χ3v) is 4.16. The van der Waals surface area contributed by atoms with Gasteiger partial charge in [0.25, 0.3) is 0 Å². The van der Waals surface area contributed by atoms with Crippen molar-refractivity contribution in [1.29, 1.82) is 0 Å². The Morgan fingerprint density at radius 2 is 2.50 bits per heavy atom. The molecule has 100 valence electrons. The standard InChI is InChI=1S/C13H20N2O2S/c1-15(2)10(12-6-4-8-18-12)9-14-13(16)11-5-3-7-17-11/h4,6,8,10-11H,3,5,7,9H2,1-2H3,(H,14,16)/t10-,11+/m1/s1. The Kier molecular flexibility index (Phi) is 4.74. The van der Waals surface area contributed by atoms with Crippen LogP contribution in [0.2, 0.25) is 0 Å². The number of nitrogens with zero attached hydrogens (tertiary/aromatic N) is 1. The van der Waals surface area contributed by atoms with Gasteiger partial charge in [0, 0.05) is 18.0 Å². The van der Waals surface area contributed by atoms with E-state index in [1.54, 1.807) is 11.3 Å². The molecule has 2 heterocycles. The summed E-state index contributed by atoms with van der Waals surface area (Å²) >= 11 is 1.72. The maximum absolute atomic E-state index is 11.9. The molecular weight excluding hydrogens is 248 g/mol. The summed E-state index contributed by atoms with van der Waals surface area (Å²) in [5.74, 6) is 0.0240.